The second kappa shape index (κ2) is 5.28. The Bertz CT molecular complexity index is 852. The number of rotatable bonds is 4. The summed E-state index contributed by atoms with van der Waals surface area (Å²) in [7, 11) is -4.14. The smallest absolute Gasteiger partial charge is 0.263 e. The van der Waals surface area contributed by atoms with Gasteiger partial charge >= 0.3 is 0 Å². The predicted octanol–water partition coefficient (Wildman–Crippen LogP) is 2.11. The summed E-state index contributed by atoms with van der Waals surface area (Å²) in [5.41, 5.74) is 0. The van der Waals surface area contributed by atoms with Crippen LogP contribution in [0.15, 0.2) is 33.9 Å². The number of aromatic nitrogens is 3. The quantitative estimate of drug-likeness (QED) is 0.834. The second-order valence-corrected chi connectivity index (χ2v) is 7.97. The molecule has 4 rings (SSSR count). The lowest BCUT2D eigenvalue weighted by Gasteiger charge is -2.20. The highest BCUT2D eigenvalue weighted by molar-refractivity contribution is 7.89. The summed E-state index contributed by atoms with van der Waals surface area (Å²) in [6.07, 6.45) is 3.72. The Balaban J connectivity index is 1.71. The molecule has 0 spiro atoms. The van der Waals surface area contributed by atoms with Crippen LogP contribution in [0.4, 0.5) is 8.78 Å². The number of hydrogen-bond donors (Lipinski definition) is 0. The van der Waals surface area contributed by atoms with Crippen LogP contribution in [0, 0.1) is 0 Å². The Kier molecular flexibility index (Phi) is 3.43. The number of alkyl halides is 2. The van der Waals surface area contributed by atoms with Gasteiger partial charge in [-0.2, -0.15) is 9.29 Å². The van der Waals surface area contributed by atoms with Gasteiger partial charge in [0.05, 0.1) is 6.54 Å². The standard InChI is InChI=1S/C14H14F2N4O3S/c15-14(16)6-11(13-18-12(19-23-13)9-3-4-9)20(8-14)24(21,22)10-2-1-5-17-7-10/h1-2,5,7,9,11H,3-4,6,8H2/t11-/m0/s1. The minimum atomic E-state index is -4.14. The Morgan fingerprint density at radius 1 is 1.33 bits per heavy atom. The summed E-state index contributed by atoms with van der Waals surface area (Å²) >= 11 is 0. The molecule has 0 aromatic carbocycles. The van der Waals surface area contributed by atoms with Crippen LogP contribution >= 0.6 is 0 Å². The van der Waals surface area contributed by atoms with E-state index < -0.39 is 35.0 Å². The van der Waals surface area contributed by atoms with Gasteiger partial charge in [0.1, 0.15) is 10.9 Å². The summed E-state index contributed by atoms with van der Waals surface area (Å²) in [6.45, 7) is -0.921. The molecule has 10 heteroatoms. The van der Waals surface area contributed by atoms with Crippen molar-refractivity contribution in [3.63, 3.8) is 0 Å². The van der Waals surface area contributed by atoms with Gasteiger partial charge < -0.3 is 4.52 Å². The molecule has 24 heavy (non-hydrogen) atoms. The average molecular weight is 356 g/mol. The molecular weight excluding hydrogens is 342 g/mol. The molecule has 1 aliphatic heterocycles. The van der Waals surface area contributed by atoms with Crippen LogP contribution in [0.25, 0.3) is 0 Å². The largest absolute Gasteiger partial charge is 0.338 e. The van der Waals surface area contributed by atoms with Crippen LogP contribution in [0.3, 0.4) is 0 Å². The van der Waals surface area contributed by atoms with Crippen molar-refractivity contribution in [1.29, 1.82) is 0 Å². The Morgan fingerprint density at radius 2 is 2.12 bits per heavy atom. The lowest BCUT2D eigenvalue weighted by atomic mass is 10.2. The molecule has 2 aliphatic rings. The topological polar surface area (TPSA) is 89.2 Å². The van der Waals surface area contributed by atoms with Crippen LogP contribution in [0.1, 0.15) is 42.9 Å². The van der Waals surface area contributed by atoms with Gasteiger partial charge in [0.25, 0.3) is 5.92 Å². The van der Waals surface area contributed by atoms with E-state index in [9.17, 15) is 17.2 Å². The number of halogens is 2. The molecule has 2 aromatic rings. The highest BCUT2D eigenvalue weighted by Crippen LogP contribution is 2.45. The lowest BCUT2D eigenvalue weighted by Crippen LogP contribution is -2.33. The highest BCUT2D eigenvalue weighted by atomic mass is 32.2. The van der Waals surface area contributed by atoms with E-state index >= 15 is 0 Å². The maximum Gasteiger partial charge on any atom is 0.263 e. The van der Waals surface area contributed by atoms with E-state index in [1.165, 1.54) is 18.3 Å². The maximum absolute atomic E-state index is 13.9. The van der Waals surface area contributed by atoms with Gasteiger partial charge in [0.15, 0.2) is 5.82 Å². The third-order valence-corrected chi connectivity index (χ3v) is 5.99. The average Bonchev–Trinajstić information content (AvgIpc) is 3.18. The Morgan fingerprint density at radius 3 is 2.79 bits per heavy atom. The van der Waals surface area contributed by atoms with Crippen molar-refractivity contribution in [1.82, 2.24) is 19.4 Å². The first-order valence-electron chi connectivity index (χ1n) is 7.50. The van der Waals surface area contributed by atoms with Gasteiger partial charge in [-0.05, 0) is 25.0 Å². The zero-order chi connectivity index (χ0) is 16.9. The van der Waals surface area contributed by atoms with E-state index in [1.54, 1.807) is 0 Å². The molecule has 128 valence electrons. The van der Waals surface area contributed by atoms with Crippen LogP contribution in [-0.4, -0.2) is 40.3 Å². The van der Waals surface area contributed by atoms with E-state index in [0.717, 1.165) is 23.3 Å². The lowest BCUT2D eigenvalue weighted by molar-refractivity contribution is 0.0166. The molecule has 2 aromatic heterocycles. The number of nitrogens with zero attached hydrogens (tertiary/aromatic N) is 4. The molecule has 1 aliphatic carbocycles. The first kappa shape index (κ1) is 15.6. The van der Waals surface area contributed by atoms with Crippen molar-refractivity contribution in [3.05, 3.63) is 36.2 Å². The fraction of sp³-hybridized carbons (Fsp3) is 0.500. The number of hydrogen-bond acceptors (Lipinski definition) is 6. The predicted molar refractivity (Wildman–Crippen MR) is 76.7 cm³/mol. The van der Waals surface area contributed by atoms with E-state index in [1.807, 2.05) is 0 Å². The van der Waals surface area contributed by atoms with Gasteiger partial charge in [-0.1, -0.05) is 5.16 Å². The second-order valence-electron chi connectivity index (χ2n) is 6.08. The van der Waals surface area contributed by atoms with Gasteiger partial charge in [-0.25, -0.2) is 17.2 Å². The SMILES string of the molecule is O=S(=O)(c1cccnc1)N1CC(F)(F)C[C@H]1c1nc(C2CC2)no1. The van der Waals surface area contributed by atoms with E-state index in [2.05, 4.69) is 15.1 Å². The Labute approximate surface area is 136 Å². The van der Waals surface area contributed by atoms with Crippen LogP contribution < -0.4 is 0 Å². The summed E-state index contributed by atoms with van der Waals surface area (Å²) in [4.78, 5) is 7.75. The molecule has 2 fully saturated rings. The van der Waals surface area contributed by atoms with Crippen LogP contribution in [0.2, 0.25) is 0 Å². The fourth-order valence-corrected chi connectivity index (χ4v) is 4.35. The summed E-state index contributed by atoms with van der Waals surface area (Å²) in [5, 5.41) is 3.79. The van der Waals surface area contributed by atoms with Gasteiger partial charge in [0, 0.05) is 24.7 Å². The summed E-state index contributed by atoms with van der Waals surface area (Å²) in [5.74, 6) is -2.60. The van der Waals surface area contributed by atoms with Gasteiger partial charge in [-0.15, -0.1) is 0 Å². The van der Waals surface area contributed by atoms with Gasteiger partial charge in [-0.3, -0.25) is 4.98 Å². The minimum absolute atomic E-state index is 0.0819. The monoisotopic (exact) mass is 356 g/mol. The summed E-state index contributed by atoms with van der Waals surface area (Å²) in [6, 6.07) is 1.58. The third kappa shape index (κ3) is 2.69. The van der Waals surface area contributed by atoms with Crippen molar-refractivity contribution in [2.45, 2.75) is 42.0 Å². The molecule has 0 bridgehead atoms. The zero-order valence-corrected chi connectivity index (χ0v) is 13.3. The van der Waals surface area contributed by atoms with Crippen molar-refractivity contribution in [3.8, 4) is 0 Å². The third-order valence-electron chi connectivity index (χ3n) is 4.15. The van der Waals surface area contributed by atoms with Crippen molar-refractivity contribution >= 4 is 10.0 Å². The van der Waals surface area contributed by atoms with E-state index in [0.29, 0.717) is 5.82 Å². The minimum Gasteiger partial charge on any atom is -0.338 e. The van der Waals surface area contributed by atoms with E-state index in [4.69, 9.17) is 4.52 Å². The molecular formula is C14H14F2N4O3S. The molecule has 0 N–H and O–H groups in total. The number of sulfonamides is 1. The molecule has 1 saturated heterocycles. The molecule has 0 radical (unpaired) electrons. The van der Waals surface area contributed by atoms with Crippen molar-refractivity contribution in [2.75, 3.05) is 6.54 Å². The van der Waals surface area contributed by atoms with Crippen LogP contribution in [0.5, 0.6) is 0 Å². The molecule has 7 nitrogen and oxygen atoms in total. The first-order chi connectivity index (χ1) is 11.4. The fourth-order valence-electron chi connectivity index (χ4n) is 2.78. The van der Waals surface area contributed by atoms with Crippen LogP contribution in [-0.2, 0) is 10.0 Å². The zero-order valence-electron chi connectivity index (χ0n) is 12.5. The molecule has 0 amide bonds. The van der Waals surface area contributed by atoms with Crippen molar-refractivity contribution < 1.29 is 21.7 Å². The Hall–Kier alpha value is -1.94. The molecule has 1 saturated carbocycles. The van der Waals surface area contributed by atoms with E-state index in [-0.39, 0.29) is 16.7 Å². The summed E-state index contributed by atoms with van der Waals surface area (Å²) < 4.78 is 59.1. The molecule has 1 atom stereocenters. The van der Waals surface area contributed by atoms with Crippen molar-refractivity contribution in [2.24, 2.45) is 0 Å². The molecule has 0 unspecified atom stereocenters. The number of pyridine rings is 1. The first-order valence-corrected chi connectivity index (χ1v) is 8.94. The van der Waals surface area contributed by atoms with Gasteiger partial charge in [0.2, 0.25) is 15.9 Å². The highest BCUT2D eigenvalue weighted by Gasteiger charge is 2.53. The maximum atomic E-state index is 13.9. The molecule has 3 heterocycles. The normalized spacial score (nSPS) is 24.3.